The van der Waals surface area contributed by atoms with Crippen molar-refractivity contribution in [2.24, 2.45) is 0 Å². The Hall–Kier alpha value is -0.460. The summed E-state index contributed by atoms with van der Waals surface area (Å²) in [7, 11) is 2.08. The first-order valence-corrected chi connectivity index (χ1v) is 3.55. The van der Waals surface area contributed by atoms with Crippen LogP contribution in [0.1, 0.15) is 26.7 Å². The largest absolute Gasteiger partial charge is 0.379 e. The minimum atomic E-state index is 1.14. The second-order valence-electron chi connectivity index (χ2n) is 2.51. The molecular formula is C8H17N. The van der Waals surface area contributed by atoms with Crippen molar-refractivity contribution in [3.05, 3.63) is 12.3 Å². The van der Waals surface area contributed by atoms with E-state index in [1.165, 1.54) is 12.8 Å². The molecule has 54 valence electrons. The molecule has 0 bridgehead atoms. The molecule has 0 amide bonds. The van der Waals surface area contributed by atoms with Gasteiger partial charge in [0.25, 0.3) is 0 Å². The van der Waals surface area contributed by atoms with E-state index in [1.807, 2.05) is 6.92 Å². The highest BCUT2D eigenvalue weighted by atomic mass is 15.1. The molecule has 0 unspecified atom stereocenters. The van der Waals surface area contributed by atoms with E-state index in [2.05, 4.69) is 25.5 Å². The average molecular weight is 127 g/mol. The third-order valence-corrected chi connectivity index (χ3v) is 1.50. The van der Waals surface area contributed by atoms with E-state index in [-0.39, 0.29) is 0 Å². The lowest BCUT2D eigenvalue weighted by Crippen LogP contribution is -2.15. The van der Waals surface area contributed by atoms with Crippen LogP contribution in [0.2, 0.25) is 0 Å². The molecule has 0 aromatic rings. The Bertz CT molecular complexity index is 86.6. The van der Waals surface area contributed by atoms with Crippen molar-refractivity contribution in [2.75, 3.05) is 13.6 Å². The first kappa shape index (κ1) is 8.54. The number of rotatable bonds is 4. The van der Waals surface area contributed by atoms with Gasteiger partial charge in [-0.05, 0) is 13.3 Å². The zero-order chi connectivity index (χ0) is 7.28. The van der Waals surface area contributed by atoms with Crippen LogP contribution in [0.4, 0.5) is 0 Å². The standard InChI is InChI=1S/C8H17N/c1-5-6-7-9(4)8(2)3/h2,5-7H2,1,3-4H3. The van der Waals surface area contributed by atoms with Gasteiger partial charge in [-0.15, -0.1) is 0 Å². The second kappa shape index (κ2) is 4.42. The molecule has 0 aliphatic heterocycles. The average Bonchev–Trinajstić information content (AvgIpc) is 1.82. The van der Waals surface area contributed by atoms with Gasteiger partial charge >= 0.3 is 0 Å². The first-order chi connectivity index (χ1) is 4.18. The summed E-state index contributed by atoms with van der Waals surface area (Å²) in [6.45, 7) is 9.22. The summed E-state index contributed by atoms with van der Waals surface area (Å²) in [5.74, 6) is 0. The maximum atomic E-state index is 3.83. The second-order valence-corrected chi connectivity index (χ2v) is 2.51. The van der Waals surface area contributed by atoms with Gasteiger partial charge in [-0.25, -0.2) is 0 Å². The van der Waals surface area contributed by atoms with Gasteiger partial charge in [0.2, 0.25) is 0 Å². The van der Waals surface area contributed by atoms with Gasteiger partial charge < -0.3 is 4.90 Å². The zero-order valence-corrected chi connectivity index (χ0v) is 6.78. The van der Waals surface area contributed by atoms with Crippen molar-refractivity contribution in [1.29, 1.82) is 0 Å². The number of allylic oxidation sites excluding steroid dienone is 1. The summed E-state index contributed by atoms with van der Waals surface area (Å²) >= 11 is 0. The minimum absolute atomic E-state index is 1.14. The van der Waals surface area contributed by atoms with Crippen LogP contribution in [-0.4, -0.2) is 18.5 Å². The topological polar surface area (TPSA) is 3.24 Å². The summed E-state index contributed by atoms with van der Waals surface area (Å²) < 4.78 is 0. The molecule has 0 aliphatic carbocycles. The van der Waals surface area contributed by atoms with Crippen molar-refractivity contribution < 1.29 is 0 Å². The molecule has 0 spiro atoms. The van der Waals surface area contributed by atoms with Crippen LogP contribution in [0.5, 0.6) is 0 Å². The van der Waals surface area contributed by atoms with Crippen molar-refractivity contribution in [3.8, 4) is 0 Å². The molecule has 0 fully saturated rings. The van der Waals surface area contributed by atoms with Crippen LogP contribution in [-0.2, 0) is 0 Å². The van der Waals surface area contributed by atoms with Crippen molar-refractivity contribution >= 4 is 0 Å². The Morgan fingerprint density at radius 1 is 1.56 bits per heavy atom. The lowest BCUT2D eigenvalue weighted by molar-refractivity contribution is 0.409. The molecule has 0 rings (SSSR count). The molecule has 0 heterocycles. The monoisotopic (exact) mass is 127 g/mol. The first-order valence-electron chi connectivity index (χ1n) is 3.55. The van der Waals surface area contributed by atoms with Gasteiger partial charge in [0.15, 0.2) is 0 Å². The third kappa shape index (κ3) is 4.07. The molecule has 0 aliphatic rings. The third-order valence-electron chi connectivity index (χ3n) is 1.50. The molecule has 0 radical (unpaired) electrons. The molecule has 1 nitrogen and oxygen atoms in total. The van der Waals surface area contributed by atoms with E-state index >= 15 is 0 Å². The quantitative estimate of drug-likeness (QED) is 0.560. The van der Waals surface area contributed by atoms with E-state index in [9.17, 15) is 0 Å². The molecule has 1 heteroatoms. The highest BCUT2D eigenvalue weighted by Crippen LogP contribution is 1.98. The van der Waals surface area contributed by atoms with E-state index in [4.69, 9.17) is 0 Å². The molecule has 0 atom stereocenters. The van der Waals surface area contributed by atoms with E-state index in [1.54, 1.807) is 0 Å². The van der Waals surface area contributed by atoms with Crippen molar-refractivity contribution in [2.45, 2.75) is 26.7 Å². The number of hydrogen-bond acceptors (Lipinski definition) is 1. The normalized spacial score (nSPS) is 9.22. The van der Waals surface area contributed by atoms with Crippen LogP contribution >= 0.6 is 0 Å². The Morgan fingerprint density at radius 3 is 2.44 bits per heavy atom. The summed E-state index contributed by atoms with van der Waals surface area (Å²) in [6.07, 6.45) is 2.53. The molecule has 0 N–H and O–H groups in total. The molecule has 0 aromatic heterocycles. The number of hydrogen-bond donors (Lipinski definition) is 0. The van der Waals surface area contributed by atoms with Gasteiger partial charge in [-0.2, -0.15) is 0 Å². The van der Waals surface area contributed by atoms with Gasteiger partial charge in [0, 0.05) is 19.3 Å². The fourth-order valence-electron chi connectivity index (χ4n) is 0.586. The number of unbranched alkanes of at least 4 members (excludes halogenated alkanes) is 1. The smallest absolute Gasteiger partial charge is 0.0171 e. The van der Waals surface area contributed by atoms with Crippen molar-refractivity contribution in [1.82, 2.24) is 4.90 Å². The molecule has 9 heavy (non-hydrogen) atoms. The molecule has 0 saturated carbocycles. The lowest BCUT2D eigenvalue weighted by atomic mass is 10.3. The summed E-state index contributed by atoms with van der Waals surface area (Å²) in [5, 5.41) is 0. The SMILES string of the molecule is C=C(C)N(C)CCCC. The lowest BCUT2D eigenvalue weighted by Gasteiger charge is -2.17. The Labute approximate surface area is 58.4 Å². The molecular weight excluding hydrogens is 110 g/mol. The van der Waals surface area contributed by atoms with Crippen molar-refractivity contribution in [3.63, 3.8) is 0 Å². The van der Waals surface area contributed by atoms with Gasteiger partial charge in [0.1, 0.15) is 0 Å². The minimum Gasteiger partial charge on any atom is -0.379 e. The van der Waals surface area contributed by atoms with Gasteiger partial charge in [-0.1, -0.05) is 19.9 Å². The fraction of sp³-hybridized carbons (Fsp3) is 0.750. The maximum absolute atomic E-state index is 3.83. The predicted molar refractivity (Wildman–Crippen MR) is 42.4 cm³/mol. The highest BCUT2D eigenvalue weighted by Gasteiger charge is 1.92. The van der Waals surface area contributed by atoms with Gasteiger partial charge in [-0.3, -0.25) is 0 Å². The molecule has 0 saturated heterocycles. The van der Waals surface area contributed by atoms with E-state index in [0.29, 0.717) is 0 Å². The summed E-state index contributed by atoms with van der Waals surface area (Å²) in [5.41, 5.74) is 1.16. The Morgan fingerprint density at radius 2 is 2.11 bits per heavy atom. The molecule has 0 aromatic carbocycles. The number of nitrogens with zero attached hydrogens (tertiary/aromatic N) is 1. The van der Waals surface area contributed by atoms with Crippen LogP contribution in [0.15, 0.2) is 12.3 Å². The Kier molecular flexibility index (Phi) is 4.20. The van der Waals surface area contributed by atoms with Gasteiger partial charge in [0.05, 0.1) is 0 Å². The van der Waals surface area contributed by atoms with Crippen LogP contribution in [0.25, 0.3) is 0 Å². The Balaban J connectivity index is 3.27. The van der Waals surface area contributed by atoms with Crippen LogP contribution in [0, 0.1) is 0 Å². The highest BCUT2D eigenvalue weighted by molar-refractivity contribution is 4.85. The summed E-state index contributed by atoms with van der Waals surface area (Å²) in [6, 6.07) is 0. The van der Waals surface area contributed by atoms with E-state index in [0.717, 1.165) is 12.2 Å². The van der Waals surface area contributed by atoms with Crippen LogP contribution < -0.4 is 0 Å². The van der Waals surface area contributed by atoms with Crippen LogP contribution in [0.3, 0.4) is 0 Å². The predicted octanol–water partition coefficient (Wildman–Crippen LogP) is 2.25. The summed E-state index contributed by atoms with van der Waals surface area (Å²) in [4.78, 5) is 2.18. The fourth-order valence-corrected chi connectivity index (χ4v) is 0.586. The maximum Gasteiger partial charge on any atom is 0.0171 e. The van der Waals surface area contributed by atoms with E-state index < -0.39 is 0 Å². The zero-order valence-electron chi connectivity index (χ0n) is 6.78.